The first-order valence-corrected chi connectivity index (χ1v) is 8.66. The highest BCUT2D eigenvalue weighted by Crippen LogP contribution is 2.26. The maximum Gasteiger partial charge on any atom is 0.255 e. The minimum absolute atomic E-state index is 0.217. The van der Waals surface area contributed by atoms with Gasteiger partial charge < -0.3 is 5.32 Å². The number of aryl methyl sites for hydroxylation is 1. The number of nitrogens with one attached hydrogen (secondary N) is 2. The van der Waals surface area contributed by atoms with Crippen molar-refractivity contribution in [3.63, 3.8) is 0 Å². The highest BCUT2D eigenvalue weighted by atomic mass is 19.1. The molecule has 3 aromatic rings. The third kappa shape index (κ3) is 4.24. The van der Waals surface area contributed by atoms with Crippen LogP contribution in [0.25, 0.3) is 0 Å². The first-order chi connectivity index (χ1) is 13.5. The second kappa shape index (κ2) is 8.45. The van der Waals surface area contributed by atoms with E-state index in [0.29, 0.717) is 16.8 Å². The molecule has 0 heterocycles. The van der Waals surface area contributed by atoms with Gasteiger partial charge in [0.1, 0.15) is 5.82 Å². The Balaban J connectivity index is 1.80. The average molecular weight is 378 g/mol. The zero-order valence-electron chi connectivity index (χ0n) is 15.1. The molecule has 0 aromatic heterocycles. The zero-order chi connectivity index (χ0) is 20.1. The van der Waals surface area contributed by atoms with Crippen molar-refractivity contribution in [1.82, 2.24) is 5.48 Å². The van der Waals surface area contributed by atoms with Gasteiger partial charge in [-0.3, -0.25) is 14.8 Å². The number of carbonyl (C=O) groups excluding carboxylic acids is 2. The van der Waals surface area contributed by atoms with Crippen molar-refractivity contribution in [3.05, 3.63) is 101 Å². The number of hydrogen-bond acceptors (Lipinski definition) is 3. The van der Waals surface area contributed by atoms with Crippen LogP contribution >= 0.6 is 0 Å². The van der Waals surface area contributed by atoms with E-state index in [1.807, 2.05) is 18.2 Å². The molecule has 142 valence electrons. The molecule has 0 radical (unpaired) electrons. The molecule has 2 amide bonds. The van der Waals surface area contributed by atoms with Crippen LogP contribution in [0, 0.1) is 12.7 Å². The predicted octanol–water partition coefficient (Wildman–Crippen LogP) is 4.02. The van der Waals surface area contributed by atoms with E-state index >= 15 is 0 Å². The normalized spacial score (nSPS) is 11.5. The fourth-order valence-corrected chi connectivity index (χ4v) is 2.90. The Morgan fingerprint density at radius 3 is 2.18 bits per heavy atom. The molecule has 0 fully saturated rings. The van der Waals surface area contributed by atoms with E-state index in [1.54, 1.807) is 60.9 Å². The largest absolute Gasteiger partial charge is 0.322 e. The fourth-order valence-electron chi connectivity index (χ4n) is 2.90. The molecule has 0 aliphatic carbocycles. The van der Waals surface area contributed by atoms with Crippen molar-refractivity contribution in [3.8, 4) is 0 Å². The lowest BCUT2D eigenvalue weighted by Crippen LogP contribution is -2.27. The van der Waals surface area contributed by atoms with Gasteiger partial charge in [0.15, 0.2) is 0 Å². The van der Waals surface area contributed by atoms with Gasteiger partial charge in [0.05, 0.1) is 5.92 Å². The molecular formula is C22H19FN2O3. The zero-order valence-corrected chi connectivity index (χ0v) is 15.1. The molecule has 0 spiro atoms. The average Bonchev–Trinajstić information content (AvgIpc) is 2.72. The van der Waals surface area contributed by atoms with Crippen LogP contribution in [0.1, 0.15) is 33.0 Å². The summed E-state index contributed by atoms with van der Waals surface area (Å²) in [5, 5.41) is 11.8. The van der Waals surface area contributed by atoms with Crippen LogP contribution in [0.3, 0.4) is 0 Å². The number of benzene rings is 3. The lowest BCUT2D eigenvalue weighted by molar-refractivity contribution is -0.129. The quantitative estimate of drug-likeness (QED) is 0.463. The number of anilines is 1. The van der Waals surface area contributed by atoms with Crippen molar-refractivity contribution in [2.24, 2.45) is 0 Å². The number of carbonyl (C=O) groups is 2. The van der Waals surface area contributed by atoms with Crippen molar-refractivity contribution in [2.45, 2.75) is 12.8 Å². The molecule has 0 aliphatic heterocycles. The Kier molecular flexibility index (Phi) is 5.81. The summed E-state index contributed by atoms with van der Waals surface area (Å²) in [7, 11) is 0. The summed E-state index contributed by atoms with van der Waals surface area (Å²) < 4.78 is 13.7. The summed E-state index contributed by atoms with van der Waals surface area (Å²) in [6, 6.07) is 20.0. The first-order valence-electron chi connectivity index (χ1n) is 8.66. The third-order valence-electron chi connectivity index (χ3n) is 4.44. The lowest BCUT2D eigenvalue weighted by Gasteiger charge is -2.16. The van der Waals surface area contributed by atoms with Crippen molar-refractivity contribution in [2.75, 3.05) is 5.32 Å². The molecule has 3 N–H and O–H groups in total. The number of amides is 2. The molecule has 0 saturated carbocycles. The first kappa shape index (κ1) is 19.3. The molecule has 1 unspecified atom stereocenters. The second-order valence-corrected chi connectivity index (χ2v) is 6.36. The van der Waals surface area contributed by atoms with E-state index in [1.165, 1.54) is 6.07 Å². The molecule has 28 heavy (non-hydrogen) atoms. The van der Waals surface area contributed by atoms with Gasteiger partial charge in [-0.15, -0.1) is 0 Å². The van der Waals surface area contributed by atoms with Crippen LogP contribution in [0.5, 0.6) is 0 Å². The topological polar surface area (TPSA) is 78.4 Å². The van der Waals surface area contributed by atoms with Gasteiger partial charge in [-0.05, 0) is 47.9 Å². The molecule has 5 nitrogen and oxygen atoms in total. The molecule has 6 heteroatoms. The van der Waals surface area contributed by atoms with E-state index in [4.69, 9.17) is 5.21 Å². The summed E-state index contributed by atoms with van der Waals surface area (Å²) in [4.78, 5) is 24.5. The maximum absolute atomic E-state index is 13.7. The predicted molar refractivity (Wildman–Crippen MR) is 104 cm³/mol. The number of hydroxylamine groups is 1. The monoisotopic (exact) mass is 378 g/mol. The minimum Gasteiger partial charge on any atom is -0.322 e. The minimum atomic E-state index is -0.692. The number of halogens is 1. The molecule has 1 atom stereocenters. The van der Waals surface area contributed by atoms with Crippen molar-refractivity contribution in [1.29, 1.82) is 0 Å². The Bertz CT molecular complexity index is 988. The maximum atomic E-state index is 13.7. The van der Waals surface area contributed by atoms with Gasteiger partial charge >= 0.3 is 0 Å². The van der Waals surface area contributed by atoms with E-state index in [9.17, 15) is 14.0 Å². The van der Waals surface area contributed by atoms with E-state index < -0.39 is 23.5 Å². The lowest BCUT2D eigenvalue weighted by atomic mass is 9.90. The van der Waals surface area contributed by atoms with Gasteiger partial charge in [0.25, 0.3) is 11.8 Å². The van der Waals surface area contributed by atoms with E-state index in [-0.39, 0.29) is 5.56 Å². The molecule has 0 aliphatic rings. The Labute approximate surface area is 161 Å². The van der Waals surface area contributed by atoms with Crippen LogP contribution in [0.4, 0.5) is 10.1 Å². The highest BCUT2D eigenvalue weighted by Gasteiger charge is 2.22. The summed E-state index contributed by atoms with van der Waals surface area (Å²) >= 11 is 0. The van der Waals surface area contributed by atoms with Gasteiger partial charge in [0.2, 0.25) is 0 Å². The molecule has 3 aromatic carbocycles. The fraction of sp³-hybridized carbons (Fsp3) is 0.0909. The summed E-state index contributed by atoms with van der Waals surface area (Å²) in [6.07, 6.45) is 0. The number of rotatable bonds is 5. The summed E-state index contributed by atoms with van der Waals surface area (Å²) in [6.45, 7) is 1.63. The molecule has 0 bridgehead atoms. The van der Waals surface area contributed by atoms with Crippen LogP contribution in [0.2, 0.25) is 0 Å². The van der Waals surface area contributed by atoms with Gasteiger partial charge in [-0.1, -0.05) is 48.5 Å². The van der Waals surface area contributed by atoms with E-state index in [0.717, 1.165) is 5.56 Å². The van der Waals surface area contributed by atoms with Crippen LogP contribution < -0.4 is 10.8 Å². The van der Waals surface area contributed by atoms with Gasteiger partial charge in [0, 0.05) is 11.3 Å². The van der Waals surface area contributed by atoms with Crippen LogP contribution in [0.15, 0.2) is 72.8 Å². The smallest absolute Gasteiger partial charge is 0.255 e. The van der Waals surface area contributed by atoms with Gasteiger partial charge in [-0.2, -0.15) is 0 Å². The Morgan fingerprint density at radius 1 is 0.929 bits per heavy atom. The van der Waals surface area contributed by atoms with Gasteiger partial charge in [-0.25, -0.2) is 9.87 Å². The summed E-state index contributed by atoms with van der Waals surface area (Å²) in [5.74, 6) is -2.12. The number of hydrogen-bond donors (Lipinski definition) is 3. The standard InChI is InChI=1S/C22H19FN2O3/c1-14-7-8-17(13-19(14)23)21(26)24-18-11-9-16(10-12-18)20(22(27)25-28)15-5-3-2-4-6-15/h2-13,20,28H,1H3,(H,24,26)(H,25,27). The highest BCUT2D eigenvalue weighted by molar-refractivity contribution is 6.04. The van der Waals surface area contributed by atoms with Crippen molar-refractivity contribution < 1.29 is 19.2 Å². The Morgan fingerprint density at radius 2 is 1.57 bits per heavy atom. The summed E-state index contributed by atoms with van der Waals surface area (Å²) in [5.41, 5.74) is 4.26. The Hall–Kier alpha value is -3.51. The van der Waals surface area contributed by atoms with E-state index in [2.05, 4.69) is 5.32 Å². The third-order valence-corrected chi connectivity index (χ3v) is 4.44. The second-order valence-electron chi connectivity index (χ2n) is 6.36. The molecular weight excluding hydrogens is 359 g/mol. The van der Waals surface area contributed by atoms with Crippen LogP contribution in [-0.4, -0.2) is 17.0 Å². The van der Waals surface area contributed by atoms with Crippen LogP contribution in [-0.2, 0) is 4.79 Å². The molecule has 3 rings (SSSR count). The van der Waals surface area contributed by atoms with Crippen molar-refractivity contribution >= 4 is 17.5 Å². The molecule has 0 saturated heterocycles. The SMILES string of the molecule is Cc1ccc(C(=O)Nc2ccc(C(C(=O)NO)c3ccccc3)cc2)cc1F.